The summed E-state index contributed by atoms with van der Waals surface area (Å²) in [4.78, 5) is 43.5. The highest BCUT2D eigenvalue weighted by molar-refractivity contribution is 6.30. The Labute approximate surface area is 186 Å². The van der Waals surface area contributed by atoms with Crippen LogP contribution in [0.25, 0.3) is 0 Å². The van der Waals surface area contributed by atoms with Crippen molar-refractivity contribution in [1.29, 1.82) is 0 Å². The first-order chi connectivity index (χ1) is 14.8. The minimum Gasteiger partial charge on any atom is -0.378 e. The third-order valence-corrected chi connectivity index (χ3v) is 6.25. The maximum atomic E-state index is 13.1. The molecule has 2 aliphatic heterocycles. The highest BCUT2D eigenvalue weighted by Crippen LogP contribution is 2.31. The van der Waals surface area contributed by atoms with E-state index in [1.807, 2.05) is 49.3 Å². The number of likely N-dealkylation sites (tertiary alicyclic amines) is 1. The van der Waals surface area contributed by atoms with E-state index in [1.54, 1.807) is 23.1 Å². The Morgan fingerprint density at radius 3 is 2.39 bits per heavy atom. The Morgan fingerprint density at radius 1 is 1.10 bits per heavy atom. The van der Waals surface area contributed by atoms with Gasteiger partial charge in [0.05, 0.1) is 6.54 Å². The van der Waals surface area contributed by atoms with Gasteiger partial charge in [-0.05, 0) is 54.8 Å². The Balaban J connectivity index is 1.42. The van der Waals surface area contributed by atoms with Crippen molar-refractivity contribution in [1.82, 2.24) is 15.1 Å². The number of hydrogen-bond donors (Lipinski definition) is 1. The zero-order chi connectivity index (χ0) is 22.2. The van der Waals surface area contributed by atoms with E-state index >= 15 is 0 Å². The molecule has 4 amide bonds. The third kappa shape index (κ3) is 4.10. The molecule has 31 heavy (non-hydrogen) atoms. The maximum absolute atomic E-state index is 13.1. The quantitative estimate of drug-likeness (QED) is 0.741. The van der Waals surface area contributed by atoms with Crippen LogP contribution in [-0.4, -0.2) is 60.4 Å². The van der Waals surface area contributed by atoms with E-state index in [-0.39, 0.29) is 18.4 Å². The topological polar surface area (TPSA) is 73.0 Å². The molecule has 2 aliphatic rings. The summed E-state index contributed by atoms with van der Waals surface area (Å²) in [6, 6.07) is 14.2. The molecule has 2 aromatic carbocycles. The fraction of sp³-hybridized carbons (Fsp3) is 0.348. The molecule has 0 bridgehead atoms. The lowest BCUT2D eigenvalue weighted by Gasteiger charge is -2.37. The van der Waals surface area contributed by atoms with Gasteiger partial charge in [0.25, 0.3) is 11.8 Å². The van der Waals surface area contributed by atoms with Gasteiger partial charge in [-0.3, -0.25) is 14.5 Å². The van der Waals surface area contributed by atoms with Gasteiger partial charge in [0.1, 0.15) is 5.54 Å². The minimum absolute atomic E-state index is 0.0623. The van der Waals surface area contributed by atoms with Crippen molar-refractivity contribution in [2.24, 2.45) is 0 Å². The van der Waals surface area contributed by atoms with Crippen LogP contribution in [0.4, 0.5) is 10.5 Å². The van der Waals surface area contributed by atoms with Crippen LogP contribution in [0.5, 0.6) is 0 Å². The first-order valence-corrected chi connectivity index (χ1v) is 10.6. The Hall–Kier alpha value is -3.06. The summed E-state index contributed by atoms with van der Waals surface area (Å²) in [5.41, 5.74) is 1.49. The number of nitrogens with one attached hydrogen (secondary N) is 1. The normalized spacial score (nSPS) is 17.8. The number of amides is 4. The molecule has 2 heterocycles. The van der Waals surface area contributed by atoms with Crippen molar-refractivity contribution in [3.05, 3.63) is 64.7 Å². The summed E-state index contributed by atoms with van der Waals surface area (Å²) in [6.45, 7) is 0.991. The molecule has 0 atom stereocenters. The maximum Gasteiger partial charge on any atom is 0.325 e. The zero-order valence-electron chi connectivity index (χ0n) is 17.6. The zero-order valence-corrected chi connectivity index (χ0v) is 18.4. The van der Waals surface area contributed by atoms with Crippen LogP contribution in [-0.2, 0) is 11.3 Å². The second kappa shape index (κ2) is 8.23. The largest absolute Gasteiger partial charge is 0.378 e. The van der Waals surface area contributed by atoms with Crippen LogP contribution in [0.1, 0.15) is 28.8 Å². The molecule has 0 unspecified atom stereocenters. The third-order valence-electron chi connectivity index (χ3n) is 6.01. The fourth-order valence-corrected chi connectivity index (χ4v) is 4.37. The van der Waals surface area contributed by atoms with E-state index in [2.05, 4.69) is 5.32 Å². The Bertz CT molecular complexity index is 1010. The summed E-state index contributed by atoms with van der Waals surface area (Å²) >= 11 is 6.02. The summed E-state index contributed by atoms with van der Waals surface area (Å²) in [6.07, 6.45) is 0.788. The number of carbonyl (C=O) groups excluding carboxylic acids is 3. The van der Waals surface area contributed by atoms with Crippen molar-refractivity contribution >= 4 is 35.1 Å². The van der Waals surface area contributed by atoms with Gasteiger partial charge in [-0.2, -0.15) is 0 Å². The number of urea groups is 1. The van der Waals surface area contributed by atoms with Gasteiger partial charge in [0.15, 0.2) is 0 Å². The molecule has 162 valence electrons. The molecule has 0 aliphatic carbocycles. The van der Waals surface area contributed by atoms with E-state index in [0.29, 0.717) is 36.5 Å². The van der Waals surface area contributed by atoms with Gasteiger partial charge in [0, 0.05) is 43.5 Å². The molecule has 0 saturated carbocycles. The predicted octanol–water partition coefficient (Wildman–Crippen LogP) is 3.13. The molecule has 1 spiro atoms. The van der Waals surface area contributed by atoms with Crippen LogP contribution in [0.3, 0.4) is 0 Å². The molecule has 4 rings (SSSR count). The van der Waals surface area contributed by atoms with Gasteiger partial charge in [0.2, 0.25) is 0 Å². The van der Waals surface area contributed by atoms with Crippen molar-refractivity contribution < 1.29 is 14.4 Å². The van der Waals surface area contributed by atoms with E-state index in [0.717, 1.165) is 11.3 Å². The predicted molar refractivity (Wildman–Crippen MR) is 119 cm³/mol. The first-order valence-electron chi connectivity index (χ1n) is 10.2. The second-order valence-corrected chi connectivity index (χ2v) is 8.70. The molecule has 2 saturated heterocycles. The van der Waals surface area contributed by atoms with Crippen LogP contribution in [0.2, 0.25) is 5.02 Å². The summed E-state index contributed by atoms with van der Waals surface area (Å²) in [7, 11) is 3.90. The van der Waals surface area contributed by atoms with E-state index < -0.39 is 11.6 Å². The minimum atomic E-state index is -0.943. The molecule has 2 aromatic rings. The number of rotatable bonds is 4. The van der Waals surface area contributed by atoms with Crippen molar-refractivity contribution in [2.45, 2.75) is 24.9 Å². The standard InChI is InChI=1S/C23H25ClN4O3/c1-26(2)19-8-6-17(7-9-19)20(29)27-12-10-23(11-13-27)21(30)28(22(31)25-23)15-16-4-3-5-18(24)14-16/h3-9,14H,10-13,15H2,1-2H3,(H,25,31). The van der Waals surface area contributed by atoms with Crippen LogP contribution < -0.4 is 10.2 Å². The molecular weight excluding hydrogens is 416 g/mol. The highest BCUT2D eigenvalue weighted by atomic mass is 35.5. The summed E-state index contributed by atoms with van der Waals surface area (Å²) in [5.74, 6) is -0.298. The fourth-order valence-electron chi connectivity index (χ4n) is 4.15. The van der Waals surface area contributed by atoms with Crippen LogP contribution >= 0.6 is 11.6 Å². The summed E-state index contributed by atoms with van der Waals surface area (Å²) < 4.78 is 0. The monoisotopic (exact) mass is 440 g/mol. The molecule has 0 radical (unpaired) electrons. The lowest BCUT2D eigenvalue weighted by molar-refractivity contribution is -0.133. The molecular formula is C23H25ClN4O3. The average Bonchev–Trinajstić information content (AvgIpc) is 2.98. The molecule has 2 fully saturated rings. The Morgan fingerprint density at radius 2 is 1.77 bits per heavy atom. The van der Waals surface area contributed by atoms with Crippen LogP contribution in [0.15, 0.2) is 48.5 Å². The number of hydrogen-bond acceptors (Lipinski definition) is 4. The van der Waals surface area contributed by atoms with Crippen molar-refractivity contribution in [2.75, 3.05) is 32.1 Å². The number of anilines is 1. The number of carbonyl (C=O) groups is 3. The molecule has 1 N–H and O–H groups in total. The lowest BCUT2D eigenvalue weighted by atomic mass is 9.87. The van der Waals surface area contributed by atoms with E-state index in [9.17, 15) is 14.4 Å². The van der Waals surface area contributed by atoms with Crippen molar-refractivity contribution in [3.8, 4) is 0 Å². The van der Waals surface area contributed by atoms with Gasteiger partial charge in [-0.25, -0.2) is 4.79 Å². The SMILES string of the molecule is CN(C)c1ccc(C(=O)N2CCC3(CC2)NC(=O)N(Cc2cccc(Cl)c2)C3=O)cc1. The molecule has 0 aromatic heterocycles. The van der Waals surface area contributed by atoms with Gasteiger partial charge >= 0.3 is 6.03 Å². The molecule has 7 nitrogen and oxygen atoms in total. The van der Waals surface area contributed by atoms with Gasteiger partial charge in [-0.15, -0.1) is 0 Å². The number of nitrogens with zero attached hydrogens (tertiary/aromatic N) is 3. The molecule has 8 heteroatoms. The summed E-state index contributed by atoms with van der Waals surface area (Å²) in [5, 5.41) is 3.44. The number of imide groups is 1. The number of piperidine rings is 1. The first kappa shape index (κ1) is 21.2. The second-order valence-electron chi connectivity index (χ2n) is 8.27. The number of benzene rings is 2. The van der Waals surface area contributed by atoms with E-state index in [4.69, 9.17) is 11.6 Å². The highest BCUT2D eigenvalue weighted by Gasteiger charge is 2.52. The van der Waals surface area contributed by atoms with Crippen molar-refractivity contribution in [3.63, 3.8) is 0 Å². The van der Waals surface area contributed by atoms with Crippen LogP contribution in [0, 0.1) is 0 Å². The van der Waals surface area contributed by atoms with Gasteiger partial charge < -0.3 is 15.1 Å². The van der Waals surface area contributed by atoms with E-state index in [1.165, 1.54) is 4.90 Å². The lowest BCUT2D eigenvalue weighted by Crippen LogP contribution is -2.55. The van der Waals surface area contributed by atoms with Gasteiger partial charge in [-0.1, -0.05) is 23.7 Å². The average molecular weight is 441 g/mol. The number of halogens is 1. The Kier molecular flexibility index (Phi) is 5.62. The smallest absolute Gasteiger partial charge is 0.325 e.